The van der Waals surface area contributed by atoms with E-state index < -0.39 is 17.9 Å². The maximum atomic E-state index is 12.1. The van der Waals surface area contributed by atoms with Crippen LogP contribution in [0.5, 0.6) is 0 Å². The Kier molecular flexibility index (Phi) is 5.29. The smallest absolute Gasteiger partial charge is 0.326 e. The van der Waals surface area contributed by atoms with Gasteiger partial charge in [0.05, 0.1) is 5.69 Å². The predicted molar refractivity (Wildman–Crippen MR) is 71.0 cm³/mol. The third-order valence-corrected chi connectivity index (χ3v) is 2.73. The van der Waals surface area contributed by atoms with Crippen molar-refractivity contribution in [2.45, 2.75) is 39.3 Å². The molecule has 6 heteroatoms. The molecule has 6 nitrogen and oxygen atoms in total. The Morgan fingerprint density at radius 3 is 2.74 bits per heavy atom. The molecule has 1 aromatic heterocycles. The molecule has 1 rings (SSSR count). The number of carbonyl (C=O) groups is 2. The van der Waals surface area contributed by atoms with Crippen molar-refractivity contribution in [2.75, 3.05) is 0 Å². The highest BCUT2D eigenvalue weighted by Crippen LogP contribution is 2.06. The molecule has 0 fully saturated rings. The summed E-state index contributed by atoms with van der Waals surface area (Å²) in [5.74, 6) is -1.50. The molecule has 1 amide bonds. The Balaban J connectivity index is 2.90. The number of hydrogen-bond acceptors (Lipinski definition) is 3. The molecule has 0 bridgehead atoms. The summed E-state index contributed by atoms with van der Waals surface area (Å²) in [7, 11) is 0. The molecular formula is C13H19N3O3. The molecule has 19 heavy (non-hydrogen) atoms. The number of rotatable bonds is 7. The molecule has 0 aliphatic carbocycles. The van der Waals surface area contributed by atoms with Gasteiger partial charge in [0, 0.05) is 6.54 Å². The van der Waals surface area contributed by atoms with E-state index in [1.807, 2.05) is 13.8 Å². The van der Waals surface area contributed by atoms with Crippen LogP contribution in [0.3, 0.4) is 0 Å². The summed E-state index contributed by atoms with van der Waals surface area (Å²) < 4.78 is 1.57. The van der Waals surface area contributed by atoms with E-state index in [4.69, 9.17) is 5.11 Å². The first kappa shape index (κ1) is 14.9. The van der Waals surface area contributed by atoms with Gasteiger partial charge in [-0.25, -0.2) is 4.79 Å². The molecule has 0 saturated carbocycles. The lowest BCUT2D eigenvalue weighted by Gasteiger charge is -2.12. The van der Waals surface area contributed by atoms with E-state index in [9.17, 15) is 9.59 Å². The van der Waals surface area contributed by atoms with Crippen molar-refractivity contribution < 1.29 is 14.7 Å². The monoisotopic (exact) mass is 265 g/mol. The summed E-state index contributed by atoms with van der Waals surface area (Å²) in [5.41, 5.74) is 1.19. The molecule has 0 spiro atoms. The second-order valence-electron chi connectivity index (χ2n) is 4.08. The first-order chi connectivity index (χ1) is 9.03. The molecule has 1 unspecified atom stereocenters. The summed E-state index contributed by atoms with van der Waals surface area (Å²) >= 11 is 0. The van der Waals surface area contributed by atoms with Crippen LogP contribution in [0.2, 0.25) is 0 Å². The Labute approximate surface area is 112 Å². The number of carbonyl (C=O) groups excluding carboxylic acids is 1. The van der Waals surface area contributed by atoms with Gasteiger partial charge in [-0.3, -0.25) is 9.48 Å². The maximum Gasteiger partial charge on any atom is 0.326 e. The zero-order valence-corrected chi connectivity index (χ0v) is 11.2. The minimum atomic E-state index is -1.08. The van der Waals surface area contributed by atoms with Crippen LogP contribution in [-0.2, 0) is 17.8 Å². The fourth-order valence-electron chi connectivity index (χ4n) is 1.69. The topological polar surface area (TPSA) is 84.2 Å². The van der Waals surface area contributed by atoms with Crippen LogP contribution in [0.4, 0.5) is 0 Å². The second-order valence-corrected chi connectivity index (χ2v) is 4.08. The summed E-state index contributed by atoms with van der Waals surface area (Å²) in [5, 5.41) is 15.7. The lowest BCUT2D eigenvalue weighted by atomic mass is 10.2. The molecule has 0 saturated heterocycles. The Hall–Kier alpha value is -2.11. The zero-order valence-electron chi connectivity index (χ0n) is 11.2. The first-order valence-electron chi connectivity index (χ1n) is 6.24. The highest BCUT2D eigenvalue weighted by molar-refractivity contribution is 5.95. The molecule has 1 aromatic rings. The number of nitrogens with one attached hydrogen (secondary N) is 1. The average molecular weight is 265 g/mol. The van der Waals surface area contributed by atoms with Crippen LogP contribution >= 0.6 is 0 Å². The van der Waals surface area contributed by atoms with Gasteiger partial charge in [-0.15, -0.1) is 6.58 Å². The van der Waals surface area contributed by atoms with Crippen LogP contribution in [0.25, 0.3) is 0 Å². The van der Waals surface area contributed by atoms with Crippen LogP contribution in [0.1, 0.15) is 36.5 Å². The fraction of sp³-hybridized carbons (Fsp3) is 0.462. The standard InChI is InChI=1S/C13H19N3O3/c1-4-7-10(13(18)19)14-12(17)11-8-9(5-2)15-16(11)6-3/h4,8,10H,1,5-7H2,2-3H3,(H,14,17)(H,18,19). The first-order valence-corrected chi connectivity index (χ1v) is 6.24. The lowest BCUT2D eigenvalue weighted by Crippen LogP contribution is -2.41. The molecule has 1 heterocycles. The van der Waals surface area contributed by atoms with Crippen molar-refractivity contribution in [2.24, 2.45) is 0 Å². The average Bonchev–Trinajstić information content (AvgIpc) is 2.81. The van der Waals surface area contributed by atoms with E-state index in [1.165, 1.54) is 6.08 Å². The van der Waals surface area contributed by atoms with Crippen molar-refractivity contribution in [3.8, 4) is 0 Å². The Bertz CT molecular complexity index is 479. The highest BCUT2D eigenvalue weighted by Gasteiger charge is 2.21. The molecule has 0 aliphatic heterocycles. The minimum absolute atomic E-state index is 0.183. The maximum absolute atomic E-state index is 12.1. The summed E-state index contributed by atoms with van der Waals surface area (Å²) in [4.78, 5) is 23.1. The van der Waals surface area contributed by atoms with Crippen LogP contribution < -0.4 is 5.32 Å². The van der Waals surface area contributed by atoms with Gasteiger partial charge in [0.1, 0.15) is 11.7 Å². The fourth-order valence-corrected chi connectivity index (χ4v) is 1.69. The van der Waals surface area contributed by atoms with Crippen molar-refractivity contribution in [3.05, 3.63) is 30.1 Å². The van der Waals surface area contributed by atoms with E-state index in [2.05, 4.69) is 17.0 Å². The summed E-state index contributed by atoms with van der Waals surface area (Å²) in [6, 6.07) is 0.723. The van der Waals surface area contributed by atoms with Crippen molar-refractivity contribution >= 4 is 11.9 Å². The molecule has 104 valence electrons. The summed E-state index contributed by atoms with van der Waals surface area (Å²) in [6.45, 7) is 7.86. The molecule has 0 radical (unpaired) electrons. The number of hydrogen-bond donors (Lipinski definition) is 2. The number of aliphatic carboxylic acids is 1. The quantitative estimate of drug-likeness (QED) is 0.726. The molecule has 2 N–H and O–H groups in total. The lowest BCUT2D eigenvalue weighted by molar-refractivity contribution is -0.139. The van der Waals surface area contributed by atoms with Gasteiger partial charge in [0.25, 0.3) is 5.91 Å². The summed E-state index contributed by atoms with van der Waals surface area (Å²) in [6.07, 6.45) is 2.37. The molecule has 1 atom stereocenters. The van der Waals surface area contributed by atoms with Gasteiger partial charge >= 0.3 is 5.97 Å². The van der Waals surface area contributed by atoms with Gasteiger partial charge in [0.2, 0.25) is 0 Å². The van der Waals surface area contributed by atoms with Crippen molar-refractivity contribution in [1.29, 1.82) is 0 Å². The number of amides is 1. The Morgan fingerprint density at radius 2 is 2.26 bits per heavy atom. The largest absolute Gasteiger partial charge is 0.480 e. The number of aromatic nitrogens is 2. The van der Waals surface area contributed by atoms with Crippen LogP contribution in [-0.4, -0.2) is 32.8 Å². The number of carboxylic acids is 1. The SMILES string of the molecule is C=CCC(NC(=O)c1cc(CC)nn1CC)C(=O)O. The van der Waals surface area contributed by atoms with E-state index in [0.717, 1.165) is 12.1 Å². The minimum Gasteiger partial charge on any atom is -0.480 e. The second kappa shape index (κ2) is 6.72. The number of carboxylic acid groups (broad SMARTS) is 1. The highest BCUT2D eigenvalue weighted by atomic mass is 16.4. The van der Waals surface area contributed by atoms with Gasteiger partial charge in [-0.1, -0.05) is 13.0 Å². The van der Waals surface area contributed by atoms with Gasteiger partial charge < -0.3 is 10.4 Å². The van der Waals surface area contributed by atoms with Crippen molar-refractivity contribution in [1.82, 2.24) is 15.1 Å². The Morgan fingerprint density at radius 1 is 1.58 bits per heavy atom. The third-order valence-electron chi connectivity index (χ3n) is 2.73. The van der Waals surface area contributed by atoms with Crippen molar-refractivity contribution in [3.63, 3.8) is 0 Å². The van der Waals surface area contributed by atoms with Crippen LogP contribution in [0, 0.1) is 0 Å². The molecule has 0 aromatic carbocycles. The number of nitrogens with zero attached hydrogens (tertiary/aromatic N) is 2. The molecular weight excluding hydrogens is 246 g/mol. The number of aryl methyl sites for hydroxylation is 2. The van der Waals surface area contributed by atoms with E-state index >= 15 is 0 Å². The predicted octanol–water partition coefficient (Wildman–Crippen LogP) is 1.22. The third kappa shape index (κ3) is 3.67. The van der Waals surface area contributed by atoms with E-state index in [-0.39, 0.29) is 6.42 Å². The van der Waals surface area contributed by atoms with E-state index in [0.29, 0.717) is 12.2 Å². The zero-order chi connectivity index (χ0) is 14.4. The normalized spacial score (nSPS) is 11.9. The van der Waals surface area contributed by atoms with Crippen LogP contribution in [0.15, 0.2) is 18.7 Å². The van der Waals surface area contributed by atoms with Gasteiger partial charge in [-0.2, -0.15) is 5.10 Å². The van der Waals surface area contributed by atoms with Gasteiger partial charge in [0.15, 0.2) is 0 Å². The molecule has 0 aliphatic rings. The van der Waals surface area contributed by atoms with Gasteiger partial charge in [-0.05, 0) is 25.8 Å². The van der Waals surface area contributed by atoms with E-state index in [1.54, 1.807) is 10.7 Å².